The van der Waals surface area contributed by atoms with Gasteiger partial charge in [0.05, 0.1) is 24.8 Å². The lowest BCUT2D eigenvalue weighted by Crippen LogP contribution is -2.52. The highest BCUT2D eigenvalue weighted by molar-refractivity contribution is 7.92. The van der Waals surface area contributed by atoms with Gasteiger partial charge in [-0.25, -0.2) is 8.42 Å². The molecule has 0 aliphatic heterocycles. The second-order valence-electron chi connectivity index (χ2n) is 10.3. The van der Waals surface area contributed by atoms with Crippen LogP contribution >= 0.6 is 11.6 Å². The molecule has 0 heterocycles. The van der Waals surface area contributed by atoms with E-state index in [2.05, 4.69) is 5.32 Å². The largest absolute Gasteiger partial charge is 0.493 e. The second-order valence-corrected chi connectivity index (χ2v) is 12.6. The van der Waals surface area contributed by atoms with Gasteiger partial charge < -0.3 is 19.7 Å². The molecule has 0 saturated carbocycles. The Kier molecular flexibility index (Phi) is 10.9. The number of sulfonamides is 1. The number of rotatable bonds is 12. The number of methoxy groups -OCH3 is 2. The lowest BCUT2D eigenvalue weighted by molar-refractivity contribution is -0.139. The van der Waals surface area contributed by atoms with Crippen LogP contribution in [0.4, 0.5) is 5.69 Å². The van der Waals surface area contributed by atoms with Crippen LogP contribution in [0, 0.1) is 13.8 Å². The minimum atomic E-state index is -4.30. The minimum Gasteiger partial charge on any atom is -0.493 e. The zero-order valence-corrected chi connectivity index (χ0v) is 26.5. The summed E-state index contributed by atoms with van der Waals surface area (Å²) >= 11 is 6.42. The Balaban J connectivity index is 2.12. The molecule has 0 aliphatic carbocycles. The highest BCUT2D eigenvalue weighted by Crippen LogP contribution is 2.33. The number of ether oxygens (including phenoxy) is 2. The van der Waals surface area contributed by atoms with Crippen molar-refractivity contribution >= 4 is 39.1 Å². The van der Waals surface area contributed by atoms with Crippen LogP contribution in [-0.4, -0.2) is 58.0 Å². The van der Waals surface area contributed by atoms with E-state index in [0.717, 1.165) is 15.4 Å². The molecule has 11 heteroatoms. The Bertz CT molecular complexity index is 1520. The Morgan fingerprint density at radius 2 is 1.52 bits per heavy atom. The van der Waals surface area contributed by atoms with Crippen molar-refractivity contribution in [3.8, 4) is 11.5 Å². The predicted molar refractivity (Wildman–Crippen MR) is 165 cm³/mol. The standard InChI is InChI=1S/C31H38ClN3O6S/c1-20(2)33-31(37)23(5)34(18-24-10-8-9-11-27(24)32)30(36)19-35(25-15-21(3)14-22(4)16-25)42(38,39)26-12-13-28(40-6)29(17-26)41-7/h8-17,20,23H,18-19H2,1-7H3,(H,33,37)/t23-/m0/s1. The van der Waals surface area contributed by atoms with E-state index in [0.29, 0.717) is 22.0 Å². The quantitative estimate of drug-likeness (QED) is 0.304. The normalized spacial score (nSPS) is 12.0. The van der Waals surface area contributed by atoms with Crippen molar-refractivity contribution in [2.24, 2.45) is 0 Å². The zero-order valence-electron chi connectivity index (χ0n) is 25.0. The molecule has 0 aliphatic rings. The van der Waals surface area contributed by atoms with E-state index in [1.165, 1.54) is 37.3 Å². The molecule has 3 aromatic rings. The number of carbonyl (C=O) groups is 2. The predicted octanol–water partition coefficient (Wildman–Crippen LogP) is 5.11. The van der Waals surface area contributed by atoms with E-state index >= 15 is 0 Å². The van der Waals surface area contributed by atoms with Crippen molar-refractivity contribution in [1.29, 1.82) is 0 Å². The third-order valence-corrected chi connectivity index (χ3v) is 8.75. The summed E-state index contributed by atoms with van der Waals surface area (Å²) in [5, 5.41) is 3.26. The second kappa shape index (κ2) is 13.9. The van der Waals surface area contributed by atoms with Gasteiger partial charge in [-0.15, -0.1) is 0 Å². The lowest BCUT2D eigenvalue weighted by atomic mass is 10.1. The first-order chi connectivity index (χ1) is 19.8. The monoisotopic (exact) mass is 615 g/mol. The molecule has 3 rings (SSSR count). The maximum atomic E-state index is 14.2. The number of hydrogen-bond acceptors (Lipinski definition) is 6. The van der Waals surface area contributed by atoms with Crippen LogP contribution in [0.1, 0.15) is 37.5 Å². The molecule has 2 amide bonds. The van der Waals surface area contributed by atoms with Gasteiger partial charge in [-0.2, -0.15) is 0 Å². The molecule has 9 nitrogen and oxygen atoms in total. The Morgan fingerprint density at radius 3 is 2.10 bits per heavy atom. The fraction of sp³-hybridized carbons (Fsp3) is 0.355. The minimum absolute atomic E-state index is 0.00226. The highest BCUT2D eigenvalue weighted by atomic mass is 35.5. The first-order valence-corrected chi connectivity index (χ1v) is 15.3. The van der Waals surface area contributed by atoms with Gasteiger partial charge in [-0.1, -0.05) is 35.9 Å². The molecule has 0 spiro atoms. The van der Waals surface area contributed by atoms with Gasteiger partial charge in [0.15, 0.2) is 11.5 Å². The number of amides is 2. The summed E-state index contributed by atoms with van der Waals surface area (Å²) in [5.41, 5.74) is 2.58. The third kappa shape index (κ3) is 7.74. The summed E-state index contributed by atoms with van der Waals surface area (Å²) in [7, 11) is -1.43. The number of anilines is 1. The van der Waals surface area contributed by atoms with Gasteiger partial charge in [0.25, 0.3) is 10.0 Å². The van der Waals surface area contributed by atoms with Gasteiger partial charge in [-0.05, 0) is 81.6 Å². The topological polar surface area (TPSA) is 105 Å². The third-order valence-electron chi connectivity index (χ3n) is 6.61. The van der Waals surface area contributed by atoms with Crippen molar-refractivity contribution in [3.05, 3.63) is 82.4 Å². The first kappa shape index (κ1) is 32.8. The number of nitrogens with zero attached hydrogens (tertiary/aromatic N) is 2. The first-order valence-electron chi connectivity index (χ1n) is 13.4. The van der Waals surface area contributed by atoms with Crippen LogP contribution in [0.25, 0.3) is 0 Å². The fourth-order valence-corrected chi connectivity index (χ4v) is 6.13. The molecule has 0 fully saturated rings. The van der Waals surface area contributed by atoms with Crippen molar-refractivity contribution in [2.75, 3.05) is 25.1 Å². The maximum absolute atomic E-state index is 14.2. The number of halogens is 1. The smallest absolute Gasteiger partial charge is 0.264 e. The SMILES string of the molecule is COc1ccc(S(=O)(=O)N(CC(=O)N(Cc2ccccc2Cl)[C@@H](C)C(=O)NC(C)C)c2cc(C)cc(C)c2)cc1OC. The Hall–Kier alpha value is -3.76. The number of benzene rings is 3. The van der Waals surface area contributed by atoms with Crippen LogP contribution < -0.4 is 19.1 Å². The lowest BCUT2D eigenvalue weighted by Gasteiger charge is -2.32. The highest BCUT2D eigenvalue weighted by Gasteiger charge is 2.33. The fourth-order valence-electron chi connectivity index (χ4n) is 4.53. The maximum Gasteiger partial charge on any atom is 0.264 e. The van der Waals surface area contributed by atoms with Crippen LogP contribution in [0.3, 0.4) is 0 Å². The molecule has 0 radical (unpaired) electrons. The van der Waals surface area contributed by atoms with Crippen LogP contribution in [0.15, 0.2) is 65.6 Å². The van der Waals surface area contributed by atoms with Crippen molar-refractivity contribution in [3.63, 3.8) is 0 Å². The molecular weight excluding hydrogens is 578 g/mol. The van der Waals surface area contributed by atoms with E-state index in [1.807, 2.05) is 33.8 Å². The summed E-state index contributed by atoms with van der Waals surface area (Å²) in [4.78, 5) is 28.4. The van der Waals surface area contributed by atoms with Crippen LogP contribution in [-0.2, 0) is 26.2 Å². The van der Waals surface area contributed by atoms with E-state index in [-0.39, 0.29) is 29.1 Å². The molecule has 1 N–H and O–H groups in total. The number of hydrogen-bond donors (Lipinski definition) is 1. The summed E-state index contributed by atoms with van der Waals surface area (Å²) in [6, 6.07) is 15.5. The van der Waals surface area contributed by atoms with Gasteiger partial charge >= 0.3 is 0 Å². The van der Waals surface area contributed by atoms with Gasteiger partial charge in [0, 0.05) is 23.7 Å². The van der Waals surface area contributed by atoms with E-state index < -0.39 is 28.5 Å². The average molecular weight is 616 g/mol. The van der Waals surface area contributed by atoms with Gasteiger partial charge in [0.2, 0.25) is 11.8 Å². The summed E-state index contributed by atoms with van der Waals surface area (Å²) < 4.78 is 40.1. The number of nitrogens with one attached hydrogen (secondary N) is 1. The van der Waals surface area contributed by atoms with Crippen molar-refractivity contribution < 1.29 is 27.5 Å². The molecule has 42 heavy (non-hydrogen) atoms. The number of carbonyl (C=O) groups excluding carboxylic acids is 2. The van der Waals surface area contributed by atoms with Crippen molar-refractivity contribution in [2.45, 2.75) is 58.1 Å². The molecule has 0 aromatic heterocycles. The molecule has 0 bridgehead atoms. The summed E-state index contributed by atoms with van der Waals surface area (Å²) in [6.07, 6.45) is 0. The molecule has 0 unspecified atom stereocenters. The van der Waals surface area contributed by atoms with E-state index in [4.69, 9.17) is 21.1 Å². The zero-order chi connectivity index (χ0) is 31.2. The Labute approximate surface area is 253 Å². The molecule has 0 saturated heterocycles. The Morgan fingerprint density at radius 1 is 0.905 bits per heavy atom. The molecular formula is C31H38ClN3O6S. The van der Waals surface area contributed by atoms with Gasteiger partial charge in [0.1, 0.15) is 12.6 Å². The summed E-state index contributed by atoms with van der Waals surface area (Å²) in [5.74, 6) is -0.360. The van der Waals surface area contributed by atoms with Crippen LogP contribution in [0.5, 0.6) is 11.5 Å². The van der Waals surface area contributed by atoms with E-state index in [9.17, 15) is 18.0 Å². The molecule has 226 valence electrons. The van der Waals surface area contributed by atoms with Gasteiger partial charge in [-0.3, -0.25) is 13.9 Å². The summed E-state index contributed by atoms with van der Waals surface area (Å²) in [6.45, 7) is 8.38. The van der Waals surface area contributed by atoms with Crippen molar-refractivity contribution in [1.82, 2.24) is 10.2 Å². The van der Waals surface area contributed by atoms with E-state index in [1.54, 1.807) is 43.3 Å². The molecule has 3 aromatic carbocycles. The number of aryl methyl sites for hydroxylation is 2. The van der Waals surface area contributed by atoms with Crippen LogP contribution in [0.2, 0.25) is 5.02 Å². The average Bonchev–Trinajstić information content (AvgIpc) is 2.93. The molecule has 1 atom stereocenters.